The summed E-state index contributed by atoms with van der Waals surface area (Å²) < 4.78 is 28.2. The van der Waals surface area contributed by atoms with E-state index in [2.05, 4.69) is 4.72 Å². The Labute approximate surface area is 133 Å². The third kappa shape index (κ3) is 3.96. The maximum Gasteiger partial charge on any atom is 0.241 e. The zero-order valence-corrected chi connectivity index (χ0v) is 14.3. The van der Waals surface area contributed by atoms with Crippen LogP contribution in [0.2, 0.25) is 0 Å². The van der Waals surface area contributed by atoms with Crippen LogP contribution in [0.4, 0.5) is 0 Å². The molecule has 4 heteroatoms. The van der Waals surface area contributed by atoms with E-state index in [1.807, 2.05) is 70.2 Å². The van der Waals surface area contributed by atoms with Crippen LogP contribution in [-0.4, -0.2) is 8.42 Å². The van der Waals surface area contributed by atoms with E-state index in [0.717, 1.165) is 11.1 Å². The zero-order valence-electron chi connectivity index (χ0n) is 13.5. The molecule has 0 spiro atoms. The monoisotopic (exact) mass is 317 g/mol. The fourth-order valence-corrected chi connectivity index (χ4v) is 3.76. The van der Waals surface area contributed by atoms with E-state index >= 15 is 0 Å². The Hall–Kier alpha value is -1.65. The van der Waals surface area contributed by atoms with Gasteiger partial charge in [-0.15, -0.1) is 0 Å². The molecule has 0 aliphatic rings. The van der Waals surface area contributed by atoms with Gasteiger partial charge in [0, 0.05) is 0 Å². The summed E-state index contributed by atoms with van der Waals surface area (Å²) >= 11 is 0. The third-order valence-corrected chi connectivity index (χ3v) is 5.04. The number of rotatable bonds is 4. The lowest BCUT2D eigenvalue weighted by molar-refractivity contribution is 0.304. The van der Waals surface area contributed by atoms with E-state index < -0.39 is 10.0 Å². The molecule has 2 rings (SSSR count). The smallest absolute Gasteiger partial charge is 0.207 e. The van der Waals surface area contributed by atoms with Crippen LogP contribution in [0.25, 0.3) is 0 Å². The van der Waals surface area contributed by atoms with Crippen LogP contribution in [-0.2, 0) is 10.0 Å². The molecule has 0 bridgehead atoms. The van der Waals surface area contributed by atoms with E-state index in [9.17, 15) is 8.42 Å². The molecule has 0 aliphatic carbocycles. The van der Waals surface area contributed by atoms with Crippen molar-refractivity contribution in [2.24, 2.45) is 5.41 Å². The molecule has 1 unspecified atom stereocenters. The highest BCUT2D eigenvalue weighted by atomic mass is 32.2. The Morgan fingerprint density at radius 1 is 0.909 bits per heavy atom. The highest BCUT2D eigenvalue weighted by Crippen LogP contribution is 2.34. The summed E-state index contributed by atoms with van der Waals surface area (Å²) in [7, 11) is -3.56. The van der Waals surface area contributed by atoms with Crippen LogP contribution in [0.5, 0.6) is 0 Å². The number of sulfonamides is 1. The predicted molar refractivity (Wildman–Crippen MR) is 90.1 cm³/mol. The lowest BCUT2D eigenvalue weighted by atomic mass is 9.83. The second-order valence-electron chi connectivity index (χ2n) is 6.64. The second kappa shape index (κ2) is 6.23. The van der Waals surface area contributed by atoms with Gasteiger partial charge in [0.2, 0.25) is 10.0 Å². The van der Waals surface area contributed by atoms with Gasteiger partial charge in [-0.1, -0.05) is 68.8 Å². The van der Waals surface area contributed by atoms with E-state index in [-0.39, 0.29) is 11.5 Å². The summed E-state index contributed by atoms with van der Waals surface area (Å²) in [6.07, 6.45) is 0. The van der Waals surface area contributed by atoms with Gasteiger partial charge in [-0.2, -0.15) is 0 Å². The van der Waals surface area contributed by atoms with Gasteiger partial charge in [-0.3, -0.25) is 0 Å². The molecule has 0 heterocycles. The van der Waals surface area contributed by atoms with E-state index in [1.165, 1.54) is 0 Å². The first kappa shape index (κ1) is 16.7. The lowest BCUT2D eigenvalue weighted by Crippen LogP contribution is -2.36. The van der Waals surface area contributed by atoms with Crippen molar-refractivity contribution in [2.75, 3.05) is 0 Å². The molecule has 0 amide bonds. The molecular formula is C18H23NO2S. The summed E-state index contributed by atoms with van der Waals surface area (Å²) in [4.78, 5) is 0.295. The molecule has 0 radical (unpaired) electrons. The van der Waals surface area contributed by atoms with Gasteiger partial charge in [0.15, 0.2) is 0 Å². The van der Waals surface area contributed by atoms with Crippen LogP contribution in [0.1, 0.15) is 37.9 Å². The summed E-state index contributed by atoms with van der Waals surface area (Å²) in [5.74, 6) is 0. The molecule has 22 heavy (non-hydrogen) atoms. The Balaban J connectivity index is 2.37. The summed E-state index contributed by atoms with van der Waals surface area (Å²) in [5.41, 5.74) is 1.76. The molecule has 2 aromatic rings. The van der Waals surface area contributed by atoms with Gasteiger partial charge in [0.1, 0.15) is 0 Å². The second-order valence-corrected chi connectivity index (χ2v) is 8.36. The van der Waals surface area contributed by atoms with Gasteiger partial charge in [0.25, 0.3) is 0 Å². The number of nitrogens with one attached hydrogen (secondary N) is 1. The van der Waals surface area contributed by atoms with E-state index in [4.69, 9.17) is 0 Å². The summed E-state index contributed by atoms with van der Waals surface area (Å²) in [5, 5.41) is 0. The minimum Gasteiger partial charge on any atom is -0.207 e. The molecule has 3 nitrogen and oxygen atoms in total. The highest BCUT2D eigenvalue weighted by molar-refractivity contribution is 7.89. The van der Waals surface area contributed by atoms with Crippen LogP contribution < -0.4 is 4.72 Å². The molecule has 0 saturated heterocycles. The molecule has 118 valence electrons. The minimum absolute atomic E-state index is 0.237. The first-order valence-corrected chi connectivity index (χ1v) is 8.82. The number of hydrogen-bond acceptors (Lipinski definition) is 2. The molecule has 0 aliphatic heterocycles. The highest BCUT2D eigenvalue weighted by Gasteiger charge is 2.30. The fourth-order valence-electron chi connectivity index (χ4n) is 2.33. The molecule has 0 saturated carbocycles. The molecule has 1 N–H and O–H groups in total. The van der Waals surface area contributed by atoms with Crippen molar-refractivity contribution >= 4 is 10.0 Å². The SMILES string of the molecule is Cc1ccc(S(=O)(=O)NC(c2ccccc2)C(C)(C)C)cc1. The Morgan fingerprint density at radius 2 is 1.45 bits per heavy atom. The molecule has 2 aromatic carbocycles. The standard InChI is InChI=1S/C18H23NO2S/c1-14-10-12-16(13-11-14)22(20,21)19-17(18(2,3)4)15-8-6-5-7-9-15/h5-13,17,19H,1-4H3. The van der Waals surface area contributed by atoms with Crippen molar-refractivity contribution in [3.8, 4) is 0 Å². The predicted octanol–water partition coefficient (Wildman–Crippen LogP) is 4.06. The largest absolute Gasteiger partial charge is 0.241 e. The van der Waals surface area contributed by atoms with Crippen LogP contribution in [0.15, 0.2) is 59.5 Å². The Kier molecular flexibility index (Phi) is 4.73. The normalized spacial score (nSPS) is 13.8. The fraction of sp³-hybridized carbons (Fsp3) is 0.333. The average molecular weight is 317 g/mol. The van der Waals surface area contributed by atoms with Gasteiger partial charge in [-0.25, -0.2) is 13.1 Å². The maximum absolute atomic E-state index is 12.7. The number of aryl methyl sites for hydroxylation is 1. The first-order chi connectivity index (χ1) is 10.2. The van der Waals surface area contributed by atoms with Crippen LogP contribution in [0.3, 0.4) is 0 Å². The van der Waals surface area contributed by atoms with Crippen molar-refractivity contribution in [1.82, 2.24) is 4.72 Å². The molecule has 1 atom stereocenters. The van der Waals surface area contributed by atoms with Gasteiger partial charge < -0.3 is 0 Å². The molecule has 0 fully saturated rings. The Bertz CT molecular complexity index is 714. The first-order valence-electron chi connectivity index (χ1n) is 7.34. The number of benzene rings is 2. The number of hydrogen-bond donors (Lipinski definition) is 1. The average Bonchev–Trinajstić information content (AvgIpc) is 2.45. The lowest BCUT2D eigenvalue weighted by Gasteiger charge is -2.31. The van der Waals surface area contributed by atoms with Crippen LogP contribution in [0, 0.1) is 12.3 Å². The summed E-state index contributed by atoms with van der Waals surface area (Å²) in [6.45, 7) is 8.03. The van der Waals surface area contributed by atoms with Gasteiger partial charge in [0.05, 0.1) is 10.9 Å². The third-order valence-electron chi connectivity index (χ3n) is 3.60. The maximum atomic E-state index is 12.7. The minimum atomic E-state index is -3.56. The van der Waals surface area contributed by atoms with Gasteiger partial charge in [-0.05, 0) is 30.0 Å². The summed E-state index contributed by atoms with van der Waals surface area (Å²) in [6, 6.07) is 16.3. The van der Waals surface area contributed by atoms with E-state index in [1.54, 1.807) is 12.1 Å². The zero-order chi connectivity index (χ0) is 16.4. The van der Waals surface area contributed by atoms with Gasteiger partial charge >= 0.3 is 0 Å². The van der Waals surface area contributed by atoms with Crippen molar-refractivity contribution in [3.63, 3.8) is 0 Å². The molecular weight excluding hydrogens is 294 g/mol. The van der Waals surface area contributed by atoms with Crippen LogP contribution >= 0.6 is 0 Å². The van der Waals surface area contributed by atoms with Crippen molar-refractivity contribution in [1.29, 1.82) is 0 Å². The van der Waals surface area contributed by atoms with Crippen molar-refractivity contribution in [2.45, 2.75) is 38.6 Å². The van der Waals surface area contributed by atoms with Crippen molar-refractivity contribution in [3.05, 3.63) is 65.7 Å². The van der Waals surface area contributed by atoms with Crippen molar-refractivity contribution < 1.29 is 8.42 Å². The topological polar surface area (TPSA) is 46.2 Å². The quantitative estimate of drug-likeness (QED) is 0.924. The Morgan fingerprint density at radius 3 is 1.95 bits per heavy atom. The molecule has 0 aromatic heterocycles. The van der Waals surface area contributed by atoms with E-state index in [0.29, 0.717) is 4.90 Å².